The maximum absolute atomic E-state index is 10.9. The van der Waals surface area contributed by atoms with E-state index < -0.39 is 12.0 Å². The molecule has 6 heteroatoms. The van der Waals surface area contributed by atoms with Crippen molar-refractivity contribution in [3.05, 3.63) is 22.3 Å². The maximum atomic E-state index is 10.9. The van der Waals surface area contributed by atoms with Crippen molar-refractivity contribution in [1.29, 1.82) is 0 Å². The number of allylic oxidation sites excluding steroid dienone is 1. The maximum Gasteiger partial charge on any atom is 0.305 e. The van der Waals surface area contributed by atoms with Crippen molar-refractivity contribution in [1.82, 2.24) is 0 Å². The van der Waals surface area contributed by atoms with Crippen molar-refractivity contribution in [3.8, 4) is 0 Å². The summed E-state index contributed by atoms with van der Waals surface area (Å²) >= 11 is 0. The number of hydrogen-bond donors (Lipinski definition) is 0. The molecule has 0 rings (SSSR count). The van der Waals surface area contributed by atoms with Crippen LogP contribution in [0.2, 0.25) is 0 Å². The fourth-order valence-corrected chi connectivity index (χ4v) is 1.43. The Morgan fingerprint density at radius 1 is 1.47 bits per heavy atom. The van der Waals surface area contributed by atoms with Gasteiger partial charge in [0.05, 0.1) is 19.6 Å². The molecule has 0 heterocycles. The molecule has 0 saturated heterocycles. The van der Waals surface area contributed by atoms with Gasteiger partial charge in [-0.25, -0.2) is 0 Å². The number of methoxy groups -OCH3 is 2. The van der Waals surface area contributed by atoms with Crippen LogP contribution in [0.25, 0.3) is 0 Å². The van der Waals surface area contributed by atoms with Gasteiger partial charge in [-0.1, -0.05) is 12.2 Å². The molecule has 0 fully saturated rings. The monoisotopic (exact) mass is 245 g/mol. The van der Waals surface area contributed by atoms with E-state index in [4.69, 9.17) is 4.74 Å². The summed E-state index contributed by atoms with van der Waals surface area (Å²) in [7, 11) is 2.77. The molecule has 0 spiro atoms. The van der Waals surface area contributed by atoms with Crippen LogP contribution in [0.4, 0.5) is 0 Å². The van der Waals surface area contributed by atoms with E-state index in [0.29, 0.717) is 0 Å². The quantitative estimate of drug-likeness (QED) is 0.280. The van der Waals surface area contributed by atoms with E-state index in [1.165, 1.54) is 14.2 Å². The summed E-state index contributed by atoms with van der Waals surface area (Å²) in [6, 6.07) is -0.796. The van der Waals surface area contributed by atoms with Crippen molar-refractivity contribution in [2.45, 2.75) is 38.3 Å². The Morgan fingerprint density at radius 3 is 2.53 bits per heavy atom. The Bertz CT molecular complexity index is 277. The number of nitrogens with zero attached hydrogens (tertiary/aromatic N) is 1. The molecule has 0 aromatic carbocycles. The molecular formula is C11H19NO5. The molecule has 0 amide bonds. The molecule has 0 N–H and O–H groups in total. The summed E-state index contributed by atoms with van der Waals surface area (Å²) in [6.45, 7) is 1.82. The molecule has 0 radical (unpaired) electrons. The molecule has 6 nitrogen and oxygen atoms in total. The summed E-state index contributed by atoms with van der Waals surface area (Å²) in [5.41, 5.74) is 0. The smallest absolute Gasteiger partial charge is 0.305 e. The number of ether oxygens (including phenoxy) is 2. The van der Waals surface area contributed by atoms with Crippen LogP contribution in [0, 0.1) is 10.1 Å². The molecule has 2 atom stereocenters. The molecule has 0 aliphatic heterocycles. The summed E-state index contributed by atoms with van der Waals surface area (Å²) in [6.07, 6.45) is 3.71. The number of carbonyl (C=O) groups excluding carboxylic acids is 1. The lowest BCUT2D eigenvalue weighted by atomic mass is 10.0. The third-order valence-corrected chi connectivity index (χ3v) is 2.42. The Morgan fingerprint density at radius 2 is 2.12 bits per heavy atom. The predicted molar refractivity (Wildman–Crippen MR) is 62.3 cm³/mol. The van der Waals surface area contributed by atoms with E-state index >= 15 is 0 Å². The molecule has 0 aromatic rings. The molecular weight excluding hydrogens is 226 g/mol. The lowest BCUT2D eigenvalue weighted by molar-refractivity contribution is -0.525. The van der Waals surface area contributed by atoms with Gasteiger partial charge in [0.1, 0.15) is 0 Å². The zero-order valence-corrected chi connectivity index (χ0v) is 10.4. The predicted octanol–water partition coefficient (Wildman–Crippen LogP) is 1.57. The Balaban J connectivity index is 4.32. The molecule has 0 aromatic heterocycles. The first-order chi connectivity index (χ1) is 8.04. The largest absolute Gasteiger partial charge is 0.469 e. The Kier molecular flexibility index (Phi) is 7.96. The highest BCUT2D eigenvalue weighted by Crippen LogP contribution is 2.12. The van der Waals surface area contributed by atoms with Gasteiger partial charge < -0.3 is 9.47 Å². The van der Waals surface area contributed by atoms with Gasteiger partial charge in [0.2, 0.25) is 6.04 Å². The molecule has 0 aliphatic carbocycles. The number of nitro groups is 1. The van der Waals surface area contributed by atoms with Gasteiger partial charge in [0.15, 0.2) is 0 Å². The highest BCUT2D eigenvalue weighted by atomic mass is 16.6. The second kappa shape index (κ2) is 8.69. The average Bonchev–Trinajstić information content (AvgIpc) is 2.32. The zero-order valence-electron chi connectivity index (χ0n) is 10.4. The van der Waals surface area contributed by atoms with Gasteiger partial charge in [-0.3, -0.25) is 14.9 Å². The van der Waals surface area contributed by atoms with Gasteiger partial charge in [0.25, 0.3) is 0 Å². The summed E-state index contributed by atoms with van der Waals surface area (Å²) < 4.78 is 9.55. The summed E-state index contributed by atoms with van der Waals surface area (Å²) in [5.74, 6) is -0.433. The minimum atomic E-state index is -0.796. The van der Waals surface area contributed by atoms with Crippen molar-refractivity contribution in [2.24, 2.45) is 0 Å². The van der Waals surface area contributed by atoms with E-state index in [-0.39, 0.29) is 30.3 Å². The third kappa shape index (κ3) is 6.68. The molecule has 0 saturated carbocycles. The highest BCUT2D eigenvalue weighted by Gasteiger charge is 2.24. The molecule has 2 unspecified atom stereocenters. The van der Waals surface area contributed by atoms with E-state index in [2.05, 4.69) is 4.74 Å². The second-order valence-electron chi connectivity index (χ2n) is 3.59. The topological polar surface area (TPSA) is 78.7 Å². The average molecular weight is 245 g/mol. The van der Waals surface area contributed by atoms with Crippen molar-refractivity contribution < 1.29 is 19.2 Å². The van der Waals surface area contributed by atoms with E-state index in [0.717, 1.165) is 0 Å². The van der Waals surface area contributed by atoms with Crippen LogP contribution in [0.3, 0.4) is 0 Å². The molecule has 17 heavy (non-hydrogen) atoms. The van der Waals surface area contributed by atoms with Crippen LogP contribution < -0.4 is 0 Å². The number of hydrogen-bond acceptors (Lipinski definition) is 5. The molecule has 0 bridgehead atoms. The van der Waals surface area contributed by atoms with Crippen LogP contribution in [0.5, 0.6) is 0 Å². The molecule has 0 aliphatic rings. The SMILES string of the molecule is C/C=C/C(CC(CCC(=O)OC)[N+](=O)[O-])OC. The molecule has 98 valence electrons. The number of esters is 1. The highest BCUT2D eigenvalue weighted by molar-refractivity contribution is 5.69. The van der Waals surface area contributed by atoms with Crippen LogP contribution in [-0.4, -0.2) is 37.3 Å². The summed E-state index contributed by atoms with van der Waals surface area (Å²) in [5, 5.41) is 10.8. The van der Waals surface area contributed by atoms with Crippen molar-refractivity contribution in [2.75, 3.05) is 14.2 Å². The van der Waals surface area contributed by atoms with Gasteiger partial charge in [-0.05, 0) is 6.92 Å². The third-order valence-electron chi connectivity index (χ3n) is 2.42. The van der Waals surface area contributed by atoms with Gasteiger partial charge >= 0.3 is 5.97 Å². The Hall–Kier alpha value is -1.43. The lowest BCUT2D eigenvalue weighted by Crippen LogP contribution is -2.26. The normalized spacial score (nSPS) is 14.5. The van der Waals surface area contributed by atoms with Crippen LogP contribution in [0.1, 0.15) is 26.2 Å². The first kappa shape index (κ1) is 15.6. The Labute approximate surface area is 101 Å². The fraction of sp³-hybridized carbons (Fsp3) is 0.727. The number of carbonyl (C=O) groups is 1. The minimum absolute atomic E-state index is 0.0500. The van der Waals surface area contributed by atoms with Crippen LogP contribution in [0.15, 0.2) is 12.2 Å². The van der Waals surface area contributed by atoms with Crippen molar-refractivity contribution in [3.63, 3.8) is 0 Å². The minimum Gasteiger partial charge on any atom is -0.469 e. The first-order valence-electron chi connectivity index (χ1n) is 5.41. The van der Waals surface area contributed by atoms with Gasteiger partial charge in [-0.2, -0.15) is 0 Å². The van der Waals surface area contributed by atoms with Gasteiger partial charge in [-0.15, -0.1) is 0 Å². The summed E-state index contributed by atoms with van der Waals surface area (Å²) in [4.78, 5) is 21.4. The van der Waals surface area contributed by atoms with Crippen LogP contribution >= 0.6 is 0 Å². The van der Waals surface area contributed by atoms with Crippen LogP contribution in [-0.2, 0) is 14.3 Å². The lowest BCUT2D eigenvalue weighted by Gasteiger charge is -2.14. The van der Waals surface area contributed by atoms with Gasteiger partial charge in [0, 0.05) is 24.9 Å². The zero-order chi connectivity index (χ0) is 13.3. The fourth-order valence-electron chi connectivity index (χ4n) is 1.43. The van der Waals surface area contributed by atoms with E-state index in [1.807, 2.05) is 6.92 Å². The standard InChI is InChI=1S/C11H19NO5/c1-4-5-10(16-2)8-9(12(14)15)6-7-11(13)17-3/h4-5,9-10H,6-8H2,1-3H3/b5-4+. The van der Waals surface area contributed by atoms with E-state index in [1.54, 1.807) is 12.2 Å². The second-order valence-corrected chi connectivity index (χ2v) is 3.59. The number of rotatable bonds is 8. The van der Waals surface area contributed by atoms with Crippen molar-refractivity contribution >= 4 is 5.97 Å². The van der Waals surface area contributed by atoms with E-state index in [9.17, 15) is 14.9 Å². The first-order valence-corrected chi connectivity index (χ1v) is 5.41.